The lowest BCUT2D eigenvalue weighted by molar-refractivity contribution is 0.414. The molecule has 0 bridgehead atoms. The molecular weight excluding hydrogens is 252 g/mol. The largest absolute Gasteiger partial charge is 0.497 e. The molecule has 0 fully saturated rings. The van der Waals surface area contributed by atoms with E-state index in [2.05, 4.69) is 11.4 Å². The second-order valence-electron chi connectivity index (χ2n) is 4.48. The summed E-state index contributed by atoms with van der Waals surface area (Å²) >= 11 is 0. The summed E-state index contributed by atoms with van der Waals surface area (Å²) in [6.45, 7) is 0.796. The highest BCUT2D eigenvalue weighted by Gasteiger charge is 2.01. The molecule has 0 saturated heterocycles. The van der Waals surface area contributed by atoms with Gasteiger partial charge >= 0.3 is 0 Å². The fourth-order valence-electron chi connectivity index (χ4n) is 1.98. The molecule has 4 heteroatoms. The Morgan fingerprint density at radius 2 is 1.75 bits per heavy atom. The zero-order valence-electron chi connectivity index (χ0n) is 11.8. The van der Waals surface area contributed by atoms with Crippen LogP contribution in [-0.2, 0) is 6.42 Å². The van der Waals surface area contributed by atoms with Crippen LogP contribution in [0.4, 0.5) is 11.4 Å². The van der Waals surface area contributed by atoms with Crippen molar-refractivity contribution in [2.75, 3.05) is 31.8 Å². The first-order valence-corrected chi connectivity index (χ1v) is 6.53. The van der Waals surface area contributed by atoms with E-state index >= 15 is 0 Å². The van der Waals surface area contributed by atoms with Crippen molar-refractivity contribution in [1.29, 1.82) is 0 Å². The summed E-state index contributed by atoms with van der Waals surface area (Å²) in [6.07, 6.45) is 0.897. The molecule has 0 aliphatic carbocycles. The Balaban J connectivity index is 1.95. The van der Waals surface area contributed by atoms with Gasteiger partial charge in [-0.05, 0) is 36.2 Å². The minimum Gasteiger partial charge on any atom is -0.497 e. The van der Waals surface area contributed by atoms with Crippen molar-refractivity contribution < 1.29 is 9.47 Å². The van der Waals surface area contributed by atoms with Crippen molar-refractivity contribution in [3.05, 3.63) is 48.0 Å². The predicted molar refractivity (Wildman–Crippen MR) is 82.6 cm³/mol. The number of anilines is 2. The average molecular weight is 272 g/mol. The first-order chi connectivity index (χ1) is 9.72. The highest BCUT2D eigenvalue weighted by molar-refractivity contribution is 5.68. The molecule has 0 aromatic heterocycles. The number of nitrogens with one attached hydrogen (secondary N) is 1. The first-order valence-electron chi connectivity index (χ1n) is 6.53. The van der Waals surface area contributed by atoms with Crippen molar-refractivity contribution in [1.82, 2.24) is 0 Å². The van der Waals surface area contributed by atoms with Crippen LogP contribution in [0, 0.1) is 0 Å². The van der Waals surface area contributed by atoms with E-state index < -0.39 is 0 Å². The molecule has 0 amide bonds. The molecule has 0 aliphatic rings. The van der Waals surface area contributed by atoms with E-state index in [1.54, 1.807) is 14.2 Å². The molecule has 0 unspecified atom stereocenters. The van der Waals surface area contributed by atoms with E-state index in [1.165, 1.54) is 5.56 Å². The van der Waals surface area contributed by atoms with E-state index in [1.807, 2.05) is 36.4 Å². The van der Waals surface area contributed by atoms with Crippen LogP contribution in [0.3, 0.4) is 0 Å². The molecule has 0 heterocycles. The molecule has 2 aromatic rings. The Bertz CT molecular complexity index is 570. The van der Waals surface area contributed by atoms with Gasteiger partial charge < -0.3 is 20.5 Å². The van der Waals surface area contributed by atoms with Gasteiger partial charge in [-0.3, -0.25) is 0 Å². The normalized spacial score (nSPS) is 10.1. The molecule has 4 nitrogen and oxygen atoms in total. The van der Waals surface area contributed by atoms with Gasteiger partial charge in [0.1, 0.15) is 11.5 Å². The lowest BCUT2D eigenvalue weighted by Gasteiger charge is -2.11. The summed E-state index contributed by atoms with van der Waals surface area (Å²) in [5.74, 6) is 1.67. The van der Waals surface area contributed by atoms with Crippen molar-refractivity contribution in [3.63, 3.8) is 0 Å². The summed E-state index contributed by atoms with van der Waals surface area (Å²) in [7, 11) is 3.32. The third-order valence-corrected chi connectivity index (χ3v) is 3.12. The van der Waals surface area contributed by atoms with Gasteiger partial charge in [-0.15, -0.1) is 0 Å². The topological polar surface area (TPSA) is 56.5 Å². The molecule has 0 atom stereocenters. The van der Waals surface area contributed by atoms with Crippen LogP contribution in [0.2, 0.25) is 0 Å². The fraction of sp³-hybridized carbons (Fsp3) is 0.250. The fourth-order valence-corrected chi connectivity index (χ4v) is 1.98. The van der Waals surface area contributed by atoms with Gasteiger partial charge in [0, 0.05) is 12.6 Å². The maximum atomic E-state index is 5.93. The maximum absolute atomic E-state index is 5.93. The summed E-state index contributed by atoms with van der Waals surface area (Å²) in [6, 6.07) is 13.6. The average Bonchev–Trinajstić information content (AvgIpc) is 2.49. The van der Waals surface area contributed by atoms with Crippen LogP contribution < -0.4 is 20.5 Å². The highest BCUT2D eigenvalue weighted by Crippen LogP contribution is 2.24. The number of methoxy groups -OCH3 is 2. The second-order valence-corrected chi connectivity index (χ2v) is 4.48. The number of benzene rings is 2. The van der Waals surface area contributed by atoms with Gasteiger partial charge in [0.2, 0.25) is 0 Å². The predicted octanol–water partition coefficient (Wildman–Crippen LogP) is 2.94. The van der Waals surface area contributed by atoms with Crippen molar-refractivity contribution in [3.8, 4) is 11.5 Å². The van der Waals surface area contributed by atoms with E-state index in [0.717, 1.165) is 35.8 Å². The molecular formula is C16H20N2O2. The van der Waals surface area contributed by atoms with Crippen LogP contribution in [0.25, 0.3) is 0 Å². The summed E-state index contributed by atoms with van der Waals surface area (Å²) < 4.78 is 10.4. The molecule has 0 saturated carbocycles. The molecule has 20 heavy (non-hydrogen) atoms. The number of hydrogen-bond acceptors (Lipinski definition) is 4. The Hall–Kier alpha value is -2.36. The number of ether oxygens (including phenoxy) is 2. The third-order valence-electron chi connectivity index (χ3n) is 3.12. The lowest BCUT2D eigenvalue weighted by Crippen LogP contribution is -2.07. The lowest BCUT2D eigenvalue weighted by atomic mass is 10.1. The zero-order chi connectivity index (χ0) is 14.4. The van der Waals surface area contributed by atoms with Crippen LogP contribution in [0.15, 0.2) is 42.5 Å². The van der Waals surface area contributed by atoms with Crippen LogP contribution in [0.1, 0.15) is 5.56 Å². The highest BCUT2D eigenvalue weighted by atomic mass is 16.5. The number of hydrogen-bond donors (Lipinski definition) is 2. The van der Waals surface area contributed by atoms with Crippen molar-refractivity contribution in [2.24, 2.45) is 0 Å². The molecule has 106 valence electrons. The smallest absolute Gasteiger partial charge is 0.121 e. The van der Waals surface area contributed by atoms with Gasteiger partial charge in [0.25, 0.3) is 0 Å². The summed E-state index contributed by atoms with van der Waals surface area (Å²) in [5.41, 5.74) is 8.77. The van der Waals surface area contributed by atoms with Crippen molar-refractivity contribution in [2.45, 2.75) is 6.42 Å². The van der Waals surface area contributed by atoms with Gasteiger partial charge in [-0.1, -0.05) is 12.1 Å². The molecule has 0 spiro atoms. The Morgan fingerprint density at radius 3 is 2.50 bits per heavy atom. The monoisotopic (exact) mass is 272 g/mol. The molecule has 0 radical (unpaired) electrons. The maximum Gasteiger partial charge on any atom is 0.121 e. The summed E-state index contributed by atoms with van der Waals surface area (Å²) in [5, 5.41) is 3.33. The molecule has 2 aromatic carbocycles. The van der Waals surface area contributed by atoms with Gasteiger partial charge in [0.05, 0.1) is 25.6 Å². The van der Waals surface area contributed by atoms with Crippen LogP contribution in [0.5, 0.6) is 11.5 Å². The second kappa shape index (κ2) is 6.70. The van der Waals surface area contributed by atoms with Gasteiger partial charge in [-0.2, -0.15) is 0 Å². The third kappa shape index (κ3) is 3.57. The van der Waals surface area contributed by atoms with E-state index in [9.17, 15) is 0 Å². The van der Waals surface area contributed by atoms with E-state index in [4.69, 9.17) is 15.2 Å². The Kier molecular flexibility index (Phi) is 4.71. The Morgan fingerprint density at radius 1 is 1.00 bits per heavy atom. The van der Waals surface area contributed by atoms with Crippen LogP contribution in [-0.4, -0.2) is 20.8 Å². The van der Waals surface area contributed by atoms with E-state index in [0.29, 0.717) is 0 Å². The van der Waals surface area contributed by atoms with Crippen LogP contribution >= 0.6 is 0 Å². The molecule has 0 aliphatic heterocycles. The molecule has 3 N–H and O–H groups in total. The zero-order valence-corrected chi connectivity index (χ0v) is 11.8. The van der Waals surface area contributed by atoms with E-state index in [-0.39, 0.29) is 0 Å². The number of rotatable bonds is 6. The minimum absolute atomic E-state index is 0.719. The number of nitrogen functional groups attached to an aromatic ring is 1. The summed E-state index contributed by atoms with van der Waals surface area (Å²) in [4.78, 5) is 0. The Labute approximate surface area is 119 Å². The quantitative estimate of drug-likeness (QED) is 0.794. The SMILES string of the molecule is COc1cccc(CCNc2cc(OC)ccc2N)c1. The van der Waals surface area contributed by atoms with Crippen molar-refractivity contribution >= 4 is 11.4 Å². The first kappa shape index (κ1) is 14.1. The van der Waals surface area contributed by atoms with Gasteiger partial charge in [-0.25, -0.2) is 0 Å². The minimum atomic E-state index is 0.719. The number of nitrogens with two attached hydrogens (primary N) is 1. The standard InChI is InChI=1S/C16H20N2O2/c1-19-13-5-3-4-12(10-13)8-9-18-16-11-14(20-2)6-7-15(16)17/h3-7,10-11,18H,8-9,17H2,1-2H3. The molecule has 2 rings (SSSR count). The van der Waals surface area contributed by atoms with Gasteiger partial charge in [0.15, 0.2) is 0 Å².